The third kappa shape index (κ3) is 5.38. The molecule has 8 heteroatoms. The van der Waals surface area contributed by atoms with Gasteiger partial charge in [0.2, 0.25) is 15.9 Å². The van der Waals surface area contributed by atoms with Crippen LogP contribution >= 0.6 is 11.6 Å². The Hall–Kier alpha value is -2.35. The lowest BCUT2D eigenvalue weighted by Gasteiger charge is -2.26. The van der Waals surface area contributed by atoms with E-state index >= 15 is 0 Å². The molecule has 1 fully saturated rings. The van der Waals surface area contributed by atoms with Gasteiger partial charge in [0.15, 0.2) is 0 Å². The molecule has 154 valence electrons. The van der Waals surface area contributed by atoms with E-state index < -0.39 is 10.0 Å². The molecule has 0 aliphatic carbocycles. The zero-order chi connectivity index (χ0) is 20.9. The van der Waals surface area contributed by atoms with Crippen LogP contribution in [0, 0.1) is 0 Å². The van der Waals surface area contributed by atoms with Crippen molar-refractivity contribution in [3.63, 3.8) is 0 Å². The molecule has 0 unspecified atom stereocenters. The van der Waals surface area contributed by atoms with Gasteiger partial charge in [-0.2, -0.15) is 4.31 Å². The lowest BCUT2D eigenvalue weighted by molar-refractivity contribution is -0.111. The van der Waals surface area contributed by atoms with Gasteiger partial charge in [0.1, 0.15) is 10.6 Å². The van der Waals surface area contributed by atoms with Crippen molar-refractivity contribution in [2.75, 3.05) is 25.5 Å². The number of anilines is 1. The van der Waals surface area contributed by atoms with Gasteiger partial charge in [-0.15, -0.1) is 0 Å². The molecule has 1 N–H and O–H groups in total. The van der Waals surface area contributed by atoms with Gasteiger partial charge < -0.3 is 10.1 Å². The van der Waals surface area contributed by atoms with E-state index in [0.29, 0.717) is 35.1 Å². The number of benzene rings is 2. The number of piperidine rings is 1. The third-order valence-corrected chi connectivity index (χ3v) is 6.83. The molecule has 2 aromatic rings. The summed E-state index contributed by atoms with van der Waals surface area (Å²) in [7, 11) is -2.21. The lowest BCUT2D eigenvalue weighted by atomic mass is 10.2. The Labute approximate surface area is 176 Å². The van der Waals surface area contributed by atoms with Crippen LogP contribution in [0.15, 0.2) is 53.4 Å². The fourth-order valence-electron chi connectivity index (χ4n) is 3.13. The monoisotopic (exact) mass is 434 g/mol. The standard InChI is InChI=1S/C21H23ClN2O4S/c1-28-19-11-5-16(6-12-21(25)23-18-9-7-17(22)8-10-18)15-20(19)29(26,27)24-13-3-2-4-14-24/h5-12,15H,2-4,13-14H2,1H3,(H,23,25). The van der Waals surface area contributed by atoms with Crippen molar-refractivity contribution in [1.82, 2.24) is 4.31 Å². The molecule has 0 radical (unpaired) electrons. The third-order valence-electron chi connectivity index (χ3n) is 4.66. The summed E-state index contributed by atoms with van der Waals surface area (Å²) in [6, 6.07) is 11.6. The highest BCUT2D eigenvalue weighted by molar-refractivity contribution is 7.89. The number of amides is 1. The van der Waals surface area contributed by atoms with Crippen LogP contribution in [0.4, 0.5) is 5.69 Å². The zero-order valence-corrected chi connectivity index (χ0v) is 17.7. The van der Waals surface area contributed by atoms with Crippen molar-refractivity contribution in [3.05, 3.63) is 59.1 Å². The lowest BCUT2D eigenvalue weighted by Crippen LogP contribution is -2.35. The van der Waals surface area contributed by atoms with Crippen LogP contribution in [-0.4, -0.2) is 38.8 Å². The summed E-state index contributed by atoms with van der Waals surface area (Å²) in [5.41, 5.74) is 1.21. The molecule has 1 heterocycles. The number of nitrogens with one attached hydrogen (secondary N) is 1. The SMILES string of the molecule is COc1ccc(C=CC(=O)Nc2ccc(Cl)cc2)cc1S(=O)(=O)N1CCCCC1. The van der Waals surface area contributed by atoms with E-state index in [-0.39, 0.29) is 10.8 Å². The number of nitrogens with zero attached hydrogens (tertiary/aromatic N) is 1. The van der Waals surface area contributed by atoms with Crippen LogP contribution in [0.1, 0.15) is 24.8 Å². The van der Waals surface area contributed by atoms with E-state index in [1.54, 1.807) is 42.5 Å². The number of hydrogen-bond donors (Lipinski definition) is 1. The van der Waals surface area contributed by atoms with Crippen molar-refractivity contribution in [3.8, 4) is 5.75 Å². The second-order valence-electron chi connectivity index (χ2n) is 6.70. The van der Waals surface area contributed by atoms with Gasteiger partial charge in [0, 0.05) is 29.9 Å². The van der Waals surface area contributed by atoms with E-state index in [4.69, 9.17) is 16.3 Å². The number of ether oxygens (including phenoxy) is 1. The second kappa shape index (κ2) is 9.43. The van der Waals surface area contributed by atoms with Gasteiger partial charge in [-0.3, -0.25) is 4.79 Å². The number of methoxy groups -OCH3 is 1. The first-order valence-electron chi connectivity index (χ1n) is 9.33. The quantitative estimate of drug-likeness (QED) is 0.692. The maximum Gasteiger partial charge on any atom is 0.248 e. The molecule has 0 atom stereocenters. The average molecular weight is 435 g/mol. The number of rotatable bonds is 6. The first kappa shape index (κ1) is 21.4. The minimum absolute atomic E-state index is 0.113. The van der Waals surface area contributed by atoms with Crippen molar-refractivity contribution in [1.29, 1.82) is 0 Å². The van der Waals surface area contributed by atoms with Crippen molar-refractivity contribution < 1.29 is 17.9 Å². The van der Waals surface area contributed by atoms with Crippen molar-refractivity contribution in [2.45, 2.75) is 24.2 Å². The molecular formula is C21H23ClN2O4S. The summed E-state index contributed by atoms with van der Waals surface area (Å²) in [5.74, 6) is -0.0399. The normalized spacial score (nSPS) is 15.4. The number of hydrogen-bond acceptors (Lipinski definition) is 4. The molecule has 1 saturated heterocycles. The molecule has 3 rings (SSSR count). The van der Waals surface area contributed by atoms with Crippen LogP contribution in [0.2, 0.25) is 5.02 Å². The summed E-state index contributed by atoms with van der Waals surface area (Å²) < 4.78 is 32.9. The summed E-state index contributed by atoms with van der Waals surface area (Å²) in [5, 5.41) is 3.31. The van der Waals surface area contributed by atoms with Crippen molar-refractivity contribution >= 4 is 39.3 Å². The Bertz CT molecular complexity index is 998. The zero-order valence-electron chi connectivity index (χ0n) is 16.1. The van der Waals surface area contributed by atoms with Crippen LogP contribution in [-0.2, 0) is 14.8 Å². The summed E-state index contributed by atoms with van der Waals surface area (Å²) >= 11 is 5.83. The molecule has 0 spiro atoms. The molecule has 6 nitrogen and oxygen atoms in total. The molecule has 1 aliphatic rings. The number of sulfonamides is 1. The second-order valence-corrected chi connectivity index (χ2v) is 9.05. The minimum atomic E-state index is -3.66. The largest absolute Gasteiger partial charge is 0.495 e. The number of carbonyl (C=O) groups is 1. The predicted molar refractivity (Wildman–Crippen MR) is 115 cm³/mol. The molecule has 0 bridgehead atoms. The highest BCUT2D eigenvalue weighted by Crippen LogP contribution is 2.30. The average Bonchev–Trinajstić information content (AvgIpc) is 2.74. The minimum Gasteiger partial charge on any atom is -0.495 e. The van der Waals surface area contributed by atoms with Crippen LogP contribution < -0.4 is 10.1 Å². The van der Waals surface area contributed by atoms with Crippen LogP contribution in [0.3, 0.4) is 0 Å². The molecular weight excluding hydrogens is 412 g/mol. The molecule has 1 aliphatic heterocycles. The van der Waals surface area contributed by atoms with Gasteiger partial charge in [-0.25, -0.2) is 8.42 Å². The molecule has 29 heavy (non-hydrogen) atoms. The van der Waals surface area contributed by atoms with Crippen LogP contribution in [0.25, 0.3) is 6.08 Å². The highest BCUT2D eigenvalue weighted by atomic mass is 35.5. The molecule has 0 aromatic heterocycles. The Morgan fingerprint density at radius 3 is 2.45 bits per heavy atom. The van der Waals surface area contributed by atoms with Gasteiger partial charge in [-0.05, 0) is 60.9 Å². The summed E-state index contributed by atoms with van der Waals surface area (Å²) in [6.07, 6.45) is 5.67. The number of halogens is 1. The smallest absolute Gasteiger partial charge is 0.248 e. The maximum atomic E-state index is 13.1. The van der Waals surface area contributed by atoms with E-state index in [9.17, 15) is 13.2 Å². The van der Waals surface area contributed by atoms with Gasteiger partial charge in [0.05, 0.1) is 7.11 Å². The molecule has 2 aromatic carbocycles. The maximum absolute atomic E-state index is 13.1. The van der Waals surface area contributed by atoms with E-state index in [1.165, 1.54) is 23.6 Å². The molecule has 1 amide bonds. The topological polar surface area (TPSA) is 75.7 Å². The fourth-order valence-corrected chi connectivity index (χ4v) is 4.97. The Kier molecular flexibility index (Phi) is 6.95. The van der Waals surface area contributed by atoms with E-state index in [0.717, 1.165) is 19.3 Å². The first-order valence-corrected chi connectivity index (χ1v) is 11.1. The fraction of sp³-hybridized carbons (Fsp3) is 0.286. The highest BCUT2D eigenvalue weighted by Gasteiger charge is 2.28. The van der Waals surface area contributed by atoms with Gasteiger partial charge in [0.25, 0.3) is 0 Å². The number of carbonyl (C=O) groups excluding carboxylic acids is 1. The Morgan fingerprint density at radius 1 is 1.10 bits per heavy atom. The Morgan fingerprint density at radius 2 is 1.79 bits per heavy atom. The van der Waals surface area contributed by atoms with Gasteiger partial charge >= 0.3 is 0 Å². The Balaban J connectivity index is 1.79. The summed E-state index contributed by atoms with van der Waals surface area (Å²) in [6.45, 7) is 1.02. The summed E-state index contributed by atoms with van der Waals surface area (Å²) in [4.78, 5) is 12.3. The van der Waals surface area contributed by atoms with Crippen molar-refractivity contribution in [2.24, 2.45) is 0 Å². The van der Waals surface area contributed by atoms with E-state index in [1.807, 2.05) is 0 Å². The van der Waals surface area contributed by atoms with Gasteiger partial charge in [-0.1, -0.05) is 24.1 Å². The van der Waals surface area contributed by atoms with E-state index in [2.05, 4.69) is 5.32 Å². The predicted octanol–water partition coefficient (Wildman–Crippen LogP) is 4.18. The van der Waals surface area contributed by atoms with Crippen LogP contribution in [0.5, 0.6) is 5.75 Å². The molecule has 0 saturated carbocycles. The first-order chi connectivity index (χ1) is 13.9.